The molecular weight excluding hydrogens is 243 g/mol. The number of nitrogen functional groups attached to an aromatic ring is 1. The molecule has 3 nitrogen and oxygen atoms in total. The molecular formula is C12H12F3N3. The van der Waals surface area contributed by atoms with Crippen LogP contribution in [0.1, 0.15) is 18.1 Å². The zero-order valence-electron chi connectivity index (χ0n) is 9.67. The number of benzene rings is 1. The third-order valence-corrected chi connectivity index (χ3v) is 2.74. The van der Waals surface area contributed by atoms with Crippen LogP contribution in [0.5, 0.6) is 0 Å². The number of aryl methyl sites for hydroxylation is 1. The van der Waals surface area contributed by atoms with E-state index in [1.807, 2.05) is 6.92 Å². The number of rotatable bonds is 2. The fraction of sp³-hybridized carbons (Fsp3) is 0.250. The van der Waals surface area contributed by atoms with Gasteiger partial charge in [-0.2, -0.15) is 13.2 Å². The monoisotopic (exact) mass is 255 g/mol. The number of alkyl halides is 3. The molecule has 0 aliphatic rings. The van der Waals surface area contributed by atoms with E-state index in [-0.39, 0.29) is 0 Å². The first-order chi connectivity index (χ1) is 8.45. The Morgan fingerprint density at radius 3 is 2.56 bits per heavy atom. The quantitative estimate of drug-likeness (QED) is 0.640. The summed E-state index contributed by atoms with van der Waals surface area (Å²) >= 11 is 0. The highest BCUT2D eigenvalue weighted by molar-refractivity contribution is 5.82. The summed E-state index contributed by atoms with van der Waals surface area (Å²) in [6.45, 7) is 1.89. The van der Waals surface area contributed by atoms with Crippen LogP contribution in [0.2, 0.25) is 0 Å². The average molecular weight is 255 g/mol. The SMILES string of the molecule is CCc1cc2cc(C(F)(F)F)ccc2nc1NN. The van der Waals surface area contributed by atoms with E-state index < -0.39 is 11.7 Å². The Morgan fingerprint density at radius 2 is 2.00 bits per heavy atom. The largest absolute Gasteiger partial charge is 0.416 e. The fourth-order valence-corrected chi connectivity index (χ4v) is 1.79. The molecule has 0 aliphatic carbocycles. The molecule has 6 heteroatoms. The maximum Gasteiger partial charge on any atom is 0.416 e. The molecule has 0 fully saturated rings. The van der Waals surface area contributed by atoms with E-state index in [4.69, 9.17) is 5.84 Å². The lowest BCUT2D eigenvalue weighted by Gasteiger charge is -2.10. The Kier molecular flexibility index (Phi) is 3.13. The summed E-state index contributed by atoms with van der Waals surface area (Å²) < 4.78 is 37.8. The van der Waals surface area contributed by atoms with E-state index >= 15 is 0 Å². The summed E-state index contributed by atoms with van der Waals surface area (Å²) in [6, 6.07) is 5.13. The van der Waals surface area contributed by atoms with Crippen LogP contribution < -0.4 is 11.3 Å². The second-order valence-corrected chi connectivity index (χ2v) is 3.90. The van der Waals surface area contributed by atoms with Gasteiger partial charge in [0.1, 0.15) is 5.82 Å². The van der Waals surface area contributed by atoms with Gasteiger partial charge in [0.25, 0.3) is 0 Å². The molecule has 0 aliphatic heterocycles. The lowest BCUT2D eigenvalue weighted by Crippen LogP contribution is -2.11. The molecule has 18 heavy (non-hydrogen) atoms. The van der Waals surface area contributed by atoms with Crippen LogP contribution in [0.3, 0.4) is 0 Å². The van der Waals surface area contributed by atoms with Crippen LogP contribution in [-0.4, -0.2) is 4.98 Å². The van der Waals surface area contributed by atoms with Gasteiger partial charge in [0.05, 0.1) is 11.1 Å². The van der Waals surface area contributed by atoms with Gasteiger partial charge in [-0.15, -0.1) is 0 Å². The molecule has 1 aromatic carbocycles. The zero-order chi connectivity index (χ0) is 13.3. The van der Waals surface area contributed by atoms with Gasteiger partial charge in [0.2, 0.25) is 0 Å². The lowest BCUT2D eigenvalue weighted by molar-refractivity contribution is -0.137. The van der Waals surface area contributed by atoms with Crippen molar-refractivity contribution in [1.29, 1.82) is 0 Å². The number of nitrogens with two attached hydrogens (primary N) is 1. The van der Waals surface area contributed by atoms with E-state index in [1.165, 1.54) is 6.07 Å². The summed E-state index contributed by atoms with van der Waals surface area (Å²) in [5, 5.41) is 0.459. The number of anilines is 1. The van der Waals surface area contributed by atoms with Crippen molar-refractivity contribution < 1.29 is 13.2 Å². The van der Waals surface area contributed by atoms with Gasteiger partial charge in [-0.3, -0.25) is 0 Å². The van der Waals surface area contributed by atoms with Crippen molar-refractivity contribution >= 4 is 16.7 Å². The number of pyridine rings is 1. The molecule has 0 unspecified atom stereocenters. The minimum Gasteiger partial charge on any atom is -0.308 e. The third kappa shape index (κ3) is 2.24. The zero-order valence-corrected chi connectivity index (χ0v) is 9.67. The number of hydrogen-bond acceptors (Lipinski definition) is 3. The van der Waals surface area contributed by atoms with Crippen molar-refractivity contribution in [3.05, 3.63) is 35.4 Å². The van der Waals surface area contributed by atoms with Crippen LogP contribution in [0.4, 0.5) is 19.0 Å². The number of halogens is 3. The topological polar surface area (TPSA) is 50.9 Å². The minimum atomic E-state index is -4.34. The van der Waals surface area contributed by atoms with Gasteiger partial charge in [-0.25, -0.2) is 10.8 Å². The molecule has 2 aromatic rings. The summed E-state index contributed by atoms with van der Waals surface area (Å²) in [5.41, 5.74) is 3.04. The molecule has 3 N–H and O–H groups in total. The molecule has 1 heterocycles. The van der Waals surface area contributed by atoms with E-state index in [0.717, 1.165) is 17.7 Å². The van der Waals surface area contributed by atoms with Crippen molar-refractivity contribution in [2.45, 2.75) is 19.5 Å². The van der Waals surface area contributed by atoms with Gasteiger partial charge >= 0.3 is 6.18 Å². The van der Waals surface area contributed by atoms with Gasteiger partial charge in [0.15, 0.2) is 0 Å². The van der Waals surface area contributed by atoms with E-state index in [1.54, 1.807) is 6.07 Å². The molecule has 0 bridgehead atoms. The highest BCUT2D eigenvalue weighted by Crippen LogP contribution is 2.32. The highest BCUT2D eigenvalue weighted by Gasteiger charge is 2.30. The summed E-state index contributed by atoms with van der Waals surface area (Å²) in [7, 11) is 0. The number of fused-ring (bicyclic) bond motifs is 1. The average Bonchev–Trinajstić information content (AvgIpc) is 2.35. The van der Waals surface area contributed by atoms with Crippen molar-refractivity contribution in [3.8, 4) is 0 Å². The maximum atomic E-state index is 12.6. The van der Waals surface area contributed by atoms with Crippen LogP contribution >= 0.6 is 0 Å². The summed E-state index contributed by atoms with van der Waals surface area (Å²) in [4.78, 5) is 4.18. The molecule has 96 valence electrons. The third-order valence-electron chi connectivity index (χ3n) is 2.74. The minimum absolute atomic E-state index is 0.459. The number of nitrogens with zero attached hydrogens (tertiary/aromatic N) is 1. The first-order valence-electron chi connectivity index (χ1n) is 5.43. The van der Waals surface area contributed by atoms with Crippen molar-refractivity contribution in [1.82, 2.24) is 4.98 Å². The standard InChI is InChI=1S/C12H12F3N3/c1-2-7-5-8-6-9(12(13,14)15)3-4-10(8)17-11(7)18-16/h3-6H,2,16H2,1H3,(H,17,18). The Morgan fingerprint density at radius 1 is 1.28 bits per heavy atom. The second-order valence-electron chi connectivity index (χ2n) is 3.90. The maximum absolute atomic E-state index is 12.6. The lowest BCUT2D eigenvalue weighted by atomic mass is 10.1. The van der Waals surface area contributed by atoms with Crippen molar-refractivity contribution in [2.75, 3.05) is 5.43 Å². The summed E-state index contributed by atoms with van der Waals surface area (Å²) in [6.07, 6.45) is -3.70. The molecule has 0 radical (unpaired) electrons. The van der Waals surface area contributed by atoms with E-state index in [0.29, 0.717) is 23.1 Å². The van der Waals surface area contributed by atoms with E-state index in [2.05, 4.69) is 10.4 Å². The molecule has 0 atom stereocenters. The Balaban J connectivity index is 2.63. The predicted octanol–water partition coefficient (Wildman–Crippen LogP) is 3.10. The van der Waals surface area contributed by atoms with Crippen LogP contribution in [0.25, 0.3) is 10.9 Å². The Hall–Kier alpha value is -1.82. The van der Waals surface area contributed by atoms with Gasteiger partial charge in [-0.1, -0.05) is 6.92 Å². The number of hydrogen-bond donors (Lipinski definition) is 2. The normalized spacial score (nSPS) is 11.8. The molecule has 0 amide bonds. The van der Waals surface area contributed by atoms with Crippen LogP contribution in [0, 0.1) is 0 Å². The first-order valence-corrected chi connectivity index (χ1v) is 5.43. The first kappa shape index (κ1) is 12.6. The molecule has 2 rings (SSSR count). The predicted molar refractivity (Wildman–Crippen MR) is 63.9 cm³/mol. The van der Waals surface area contributed by atoms with Gasteiger partial charge in [-0.05, 0) is 36.2 Å². The van der Waals surface area contributed by atoms with Crippen LogP contribution in [-0.2, 0) is 12.6 Å². The van der Waals surface area contributed by atoms with Crippen molar-refractivity contribution in [2.24, 2.45) is 5.84 Å². The fourth-order valence-electron chi connectivity index (χ4n) is 1.79. The summed E-state index contributed by atoms with van der Waals surface area (Å²) in [5.74, 6) is 5.81. The van der Waals surface area contributed by atoms with Crippen LogP contribution in [0.15, 0.2) is 24.3 Å². The molecule has 1 aromatic heterocycles. The molecule has 0 saturated carbocycles. The number of nitrogens with one attached hydrogen (secondary N) is 1. The molecule has 0 spiro atoms. The highest BCUT2D eigenvalue weighted by atomic mass is 19.4. The molecule has 0 saturated heterocycles. The Labute approximate surface area is 102 Å². The van der Waals surface area contributed by atoms with Gasteiger partial charge in [0, 0.05) is 5.39 Å². The number of aromatic nitrogens is 1. The Bertz CT molecular complexity index is 579. The van der Waals surface area contributed by atoms with Gasteiger partial charge < -0.3 is 5.43 Å². The number of hydrazine groups is 1. The van der Waals surface area contributed by atoms with Crippen molar-refractivity contribution in [3.63, 3.8) is 0 Å². The van der Waals surface area contributed by atoms with E-state index in [9.17, 15) is 13.2 Å². The smallest absolute Gasteiger partial charge is 0.308 e. The second kappa shape index (κ2) is 4.45.